The molecule has 0 spiro atoms. The number of amides is 1. The van der Waals surface area contributed by atoms with Gasteiger partial charge < -0.3 is 15.4 Å². The van der Waals surface area contributed by atoms with E-state index in [1.165, 1.54) is 0 Å². The van der Waals surface area contributed by atoms with Crippen molar-refractivity contribution in [3.8, 4) is 0 Å². The zero-order valence-corrected chi connectivity index (χ0v) is 9.93. The highest BCUT2D eigenvalue weighted by Crippen LogP contribution is 2.17. The number of hydrogen-bond acceptors (Lipinski definition) is 4. The average Bonchev–Trinajstić information content (AvgIpc) is 2.38. The normalized spacial score (nSPS) is 20.3. The monoisotopic (exact) mass is 235 g/mol. The van der Waals surface area contributed by atoms with Crippen molar-refractivity contribution in [3.05, 3.63) is 23.9 Å². The second-order valence-electron chi connectivity index (χ2n) is 4.07. The van der Waals surface area contributed by atoms with E-state index in [9.17, 15) is 4.79 Å². The van der Waals surface area contributed by atoms with Gasteiger partial charge in [-0.3, -0.25) is 4.79 Å². The van der Waals surface area contributed by atoms with Crippen molar-refractivity contribution >= 4 is 11.7 Å². The van der Waals surface area contributed by atoms with Crippen LogP contribution in [0.1, 0.15) is 23.7 Å². The molecule has 1 fully saturated rings. The Morgan fingerprint density at radius 2 is 2.53 bits per heavy atom. The molecule has 1 amide bonds. The van der Waals surface area contributed by atoms with E-state index in [4.69, 9.17) is 10.5 Å². The maximum atomic E-state index is 12.3. The highest BCUT2D eigenvalue weighted by Gasteiger charge is 2.27. The van der Waals surface area contributed by atoms with Crippen molar-refractivity contribution in [2.45, 2.75) is 19.4 Å². The standard InChI is InChI=1S/C12H17N3O2/c1-2-9-8-17-7-6-15(9)12(16)10-4-3-5-14-11(10)13/h3-5,9H,2,6-8H2,1H3,(H2,13,14). The summed E-state index contributed by atoms with van der Waals surface area (Å²) in [7, 11) is 0. The van der Waals surface area contributed by atoms with Gasteiger partial charge in [-0.25, -0.2) is 4.98 Å². The van der Waals surface area contributed by atoms with E-state index in [1.54, 1.807) is 18.3 Å². The van der Waals surface area contributed by atoms with Gasteiger partial charge in [-0.2, -0.15) is 0 Å². The van der Waals surface area contributed by atoms with Crippen molar-refractivity contribution in [1.82, 2.24) is 9.88 Å². The number of anilines is 1. The Kier molecular flexibility index (Phi) is 3.58. The predicted octanol–water partition coefficient (Wildman–Crippen LogP) is 0.915. The number of nitrogen functional groups attached to an aromatic ring is 1. The first kappa shape index (κ1) is 11.9. The number of carbonyl (C=O) groups is 1. The largest absolute Gasteiger partial charge is 0.383 e. The minimum Gasteiger partial charge on any atom is -0.383 e. The molecule has 0 aromatic carbocycles. The summed E-state index contributed by atoms with van der Waals surface area (Å²) in [4.78, 5) is 18.1. The molecule has 0 bridgehead atoms. The predicted molar refractivity (Wildman–Crippen MR) is 64.6 cm³/mol. The number of nitrogens with zero attached hydrogens (tertiary/aromatic N) is 2. The molecule has 1 saturated heterocycles. The van der Waals surface area contributed by atoms with Crippen LogP contribution in [0.4, 0.5) is 5.82 Å². The van der Waals surface area contributed by atoms with Crippen LogP contribution in [0.25, 0.3) is 0 Å². The topological polar surface area (TPSA) is 68.5 Å². The number of rotatable bonds is 2. The van der Waals surface area contributed by atoms with Gasteiger partial charge in [0.1, 0.15) is 5.82 Å². The smallest absolute Gasteiger partial charge is 0.258 e. The van der Waals surface area contributed by atoms with Gasteiger partial charge in [0.15, 0.2) is 0 Å². The highest BCUT2D eigenvalue weighted by atomic mass is 16.5. The van der Waals surface area contributed by atoms with Gasteiger partial charge in [0, 0.05) is 12.7 Å². The first-order valence-electron chi connectivity index (χ1n) is 5.83. The number of pyridine rings is 1. The Bertz CT molecular complexity index is 408. The highest BCUT2D eigenvalue weighted by molar-refractivity contribution is 5.98. The van der Waals surface area contributed by atoms with Crippen molar-refractivity contribution < 1.29 is 9.53 Å². The van der Waals surface area contributed by atoms with E-state index in [0.29, 0.717) is 31.1 Å². The van der Waals surface area contributed by atoms with Gasteiger partial charge in [-0.1, -0.05) is 6.92 Å². The molecule has 1 aliphatic heterocycles. The first-order valence-corrected chi connectivity index (χ1v) is 5.83. The number of hydrogen-bond donors (Lipinski definition) is 1. The molecule has 1 unspecified atom stereocenters. The van der Waals surface area contributed by atoms with Crippen molar-refractivity contribution in [1.29, 1.82) is 0 Å². The number of aromatic nitrogens is 1. The Morgan fingerprint density at radius 1 is 1.71 bits per heavy atom. The Balaban J connectivity index is 2.21. The maximum Gasteiger partial charge on any atom is 0.258 e. The molecule has 1 atom stereocenters. The number of morpholine rings is 1. The minimum absolute atomic E-state index is 0.0502. The Hall–Kier alpha value is -1.62. The van der Waals surface area contributed by atoms with Crippen LogP contribution in [0.3, 0.4) is 0 Å². The lowest BCUT2D eigenvalue weighted by molar-refractivity contribution is -0.00276. The molecule has 2 N–H and O–H groups in total. The molecule has 0 aliphatic carbocycles. The third kappa shape index (κ3) is 2.39. The summed E-state index contributed by atoms with van der Waals surface area (Å²) in [5, 5.41) is 0. The van der Waals surface area contributed by atoms with Gasteiger partial charge in [0.25, 0.3) is 5.91 Å². The zero-order valence-electron chi connectivity index (χ0n) is 9.93. The van der Waals surface area contributed by atoms with Crippen LogP contribution in [0.2, 0.25) is 0 Å². The van der Waals surface area contributed by atoms with Crippen LogP contribution >= 0.6 is 0 Å². The molecule has 5 heteroatoms. The summed E-state index contributed by atoms with van der Waals surface area (Å²) in [5.74, 6) is 0.240. The Labute approximate surface area is 101 Å². The Morgan fingerprint density at radius 3 is 3.24 bits per heavy atom. The molecule has 5 nitrogen and oxygen atoms in total. The van der Waals surface area contributed by atoms with Crippen LogP contribution in [0.15, 0.2) is 18.3 Å². The molecule has 1 aromatic heterocycles. The number of nitrogens with two attached hydrogens (primary N) is 1. The molecule has 17 heavy (non-hydrogen) atoms. The van der Waals surface area contributed by atoms with Crippen LogP contribution in [0.5, 0.6) is 0 Å². The molecule has 2 heterocycles. The van der Waals surface area contributed by atoms with Gasteiger partial charge in [0.05, 0.1) is 24.8 Å². The van der Waals surface area contributed by atoms with Crippen LogP contribution in [0, 0.1) is 0 Å². The van der Waals surface area contributed by atoms with E-state index >= 15 is 0 Å². The summed E-state index contributed by atoms with van der Waals surface area (Å²) >= 11 is 0. The summed E-state index contributed by atoms with van der Waals surface area (Å²) in [6.07, 6.45) is 2.47. The fourth-order valence-corrected chi connectivity index (χ4v) is 2.01. The third-order valence-electron chi connectivity index (χ3n) is 3.03. The number of ether oxygens (including phenoxy) is 1. The summed E-state index contributed by atoms with van der Waals surface area (Å²) in [5.41, 5.74) is 6.20. The second kappa shape index (κ2) is 5.14. The minimum atomic E-state index is -0.0502. The molecular formula is C12H17N3O2. The van der Waals surface area contributed by atoms with Crippen molar-refractivity contribution in [2.75, 3.05) is 25.5 Å². The first-order chi connectivity index (χ1) is 8.24. The summed E-state index contributed by atoms with van der Waals surface area (Å²) < 4.78 is 5.38. The molecule has 0 saturated carbocycles. The van der Waals surface area contributed by atoms with Gasteiger partial charge >= 0.3 is 0 Å². The van der Waals surface area contributed by atoms with E-state index < -0.39 is 0 Å². The fraction of sp³-hybridized carbons (Fsp3) is 0.500. The quantitative estimate of drug-likeness (QED) is 0.827. The molecule has 2 rings (SSSR count). The molecule has 1 aliphatic rings. The fourth-order valence-electron chi connectivity index (χ4n) is 2.01. The SMILES string of the molecule is CCC1COCCN1C(=O)c1cccnc1N. The van der Waals surface area contributed by atoms with Crippen molar-refractivity contribution in [3.63, 3.8) is 0 Å². The van der Waals surface area contributed by atoms with Crippen LogP contribution < -0.4 is 5.73 Å². The zero-order chi connectivity index (χ0) is 12.3. The van der Waals surface area contributed by atoms with E-state index in [2.05, 4.69) is 4.98 Å². The van der Waals surface area contributed by atoms with E-state index in [-0.39, 0.29) is 11.9 Å². The molecular weight excluding hydrogens is 218 g/mol. The lowest BCUT2D eigenvalue weighted by Crippen LogP contribution is -2.48. The molecule has 0 radical (unpaired) electrons. The van der Waals surface area contributed by atoms with E-state index in [1.807, 2.05) is 11.8 Å². The van der Waals surface area contributed by atoms with Crippen molar-refractivity contribution in [2.24, 2.45) is 0 Å². The maximum absolute atomic E-state index is 12.3. The lowest BCUT2D eigenvalue weighted by atomic mass is 10.1. The van der Waals surface area contributed by atoms with Gasteiger partial charge in [-0.15, -0.1) is 0 Å². The molecule has 1 aromatic rings. The summed E-state index contributed by atoms with van der Waals surface area (Å²) in [6, 6.07) is 3.58. The number of carbonyl (C=O) groups excluding carboxylic acids is 1. The van der Waals surface area contributed by atoms with Gasteiger partial charge in [0.2, 0.25) is 0 Å². The van der Waals surface area contributed by atoms with E-state index in [0.717, 1.165) is 6.42 Å². The second-order valence-corrected chi connectivity index (χ2v) is 4.07. The lowest BCUT2D eigenvalue weighted by Gasteiger charge is -2.35. The summed E-state index contributed by atoms with van der Waals surface area (Å²) in [6.45, 7) is 3.85. The average molecular weight is 235 g/mol. The molecule has 92 valence electrons. The van der Waals surface area contributed by atoms with Gasteiger partial charge in [-0.05, 0) is 18.6 Å². The van der Waals surface area contributed by atoms with Crippen LogP contribution in [-0.2, 0) is 4.74 Å². The third-order valence-corrected chi connectivity index (χ3v) is 3.03. The van der Waals surface area contributed by atoms with Crippen LogP contribution in [-0.4, -0.2) is 41.6 Å².